The molecule has 1 fully saturated rings. The van der Waals surface area contributed by atoms with Gasteiger partial charge in [-0.15, -0.1) is 0 Å². The third-order valence-corrected chi connectivity index (χ3v) is 3.05. The number of hydrogen-bond acceptors (Lipinski definition) is 3. The second-order valence-corrected chi connectivity index (χ2v) is 4.20. The Morgan fingerprint density at radius 1 is 1.38 bits per heavy atom. The van der Waals surface area contributed by atoms with Gasteiger partial charge in [0.2, 0.25) is 0 Å². The van der Waals surface area contributed by atoms with Crippen LogP contribution in [0.1, 0.15) is 18.4 Å². The van der Waals surface area contributed by atoms with E-state index < -0.39 is 11.7 Å². The van der Waals surface area contributed by atoms with Gasteiger partial charge in [-0.1, -0.05) is 11.6 Å². The van der Waals surface area contributed by atoms with Crippen LogP contribution in [-0.4, -0.2) is 21.7 Å². The van der Waals surface area contributed by atoms with Gasteiger partial charge in [0.25, 0.3) is 0 Å². The Bertz CT molecular complexity index is 415. The quantitative estimate of drug-likeness (QED) is 0.822. The molecule has 1 aromatic rings. The summed E-state index contributed by atoms with van der Waals surface area (Å²) < 4.78 is 38.0. The summed E-state index contributed by atoms with van der Waals surface area (Å²) in [7, 11) is 0. The molecule has 0 atom stereocenters. The molecule has 2 rings (SSSR count). The van der Waals surface area contributed by atoms with Crippen molar-refractivity contribution < 1.29 is 13.2 Å². The summed E-state index contributed by atoms with van der Waals surface area (Å²) in [6.07, 6.45) is -2.99. The zero-order valence-electron chi connectivity index (χ0n) is 8.40. The summed E-state index contributed by atoms with van der Waals surface area (Å²) >= 11 is 5.70. The highest BCUT2D eigenvalue weighted by atomic mass is 35.5. The second kappa shape index (κ2) is 3.48. The molecular formula is C9H9ClF3N3. The number of anilines is 1. The molecule has 0 radical (unpaired) electrons. The Labute approximate surface area is 95.0 Å². The standard InChI is InChI=1S/C9H9ClF3N3/c1-5-6(10)14-4-15-7(5)16-8(2-3-8)9(11,12)13/h4H,2-3H2,1H3,(H,14,15,16). The van der Waals surface area contributed by atoms with Crippen LogP contribution in [0, 0.1) is 6.92 Å². The predicted molar refractivity (Wildman–Crippen MR) is 53.4 cm³/mol. The van der Waals surface area contributed by atoms with Crippen LogP contribution >= 0.6 is 11.6 Å². The van der Waals surface area contributed by atoms with Gasteiger partial charge in [-0.2, -0.15) is 13.2 Å². The fourth-order valence-corrected chi connectivity index (χ4v) is 1.52. The first-order chi connectivity index (χ1) is 7.36. The zero-order valence-corrected chi connectivity index (χ0v) is 9.15. The Balaban J connectivity index is 2.25. The van der Waals surface area contributed by atoms with Gasteiger partial charge < -0.3 is 5.32 Å². The van der Waals surface area contributed by atoms with E-state index in [1.165, 1.54) is 0 Å². The first-order valence-corrected chi connectivity index (χ1v) is 5.05. The van der Waals surface area contributed by atoms with Crippen LogP contribution in [0.3, 0.4) is 0 Å². The number of aromatic nitrogens is 2. The number of rotatable bonds is 2. The number of halogens is 4. The molecule has 88 valence electrons. The number of alkyl halides is 3. The van der Waals surface area contributed by atoms with E-state index in [0.29, 0.717) is 5.56 Å². The van der Waals surface area contributed by atoms with E-state index in [4.69, 9.17) is 11.6 Å². The van der Waals surface area contributed by atoms with Crippen molar-refractivity contribution in [2.75, 3.05) is 5.32 Å². The van der Waals surface area contributed by atoms with Crippen LogP contribution in [0.5, 0.6) is 0 Å². The molecule has 0 unspecified atom stereocenters. The van der Waals surface area contributed by atoms with Crippen molar-refractivity contribution in [2.45, 2.75) is 31.5 Å². The average molecular weight is 252 g/mol. The SMILES string of the molecule is Cc1c(Cl)ncnc1NC1(C(F)(F)F)CC1. The third kappa shape index (κ3) is 1.81. The summed E-state index contributed by atoms with van der Waals surface area (Å²) in [5.74, 6) is 0.148. The molecule has 1 aromatic heterocycles. The summed E-state index contributed by atoms with van der Waals surface area (Å²) in [6.45, 7) is 1.58. The van der Waals surface area contributed by atoms with Crippen molar-refractivity contribution >= 4 is 17.4 Å². The van der Waals surface area contributed by atoms with Gasteiger partial charge in [-0.25, -0.2) is 9.97 Å². The van der Waals surface area contributed by atoms with E-state index in [1.807, 2.05) is 0 Å². The Morgan fingerprint density at radius 2 is 2.00 bits per heavy atom. The molecule has 1 aliphatic rings. The molecule has 0 bridgehead atoms. The summed E-state index contributed by atoms with van der Waals surface area (Å²) in [5.41, 5.74) is -1.39. The van der Waals surface area contributed by atoms with Gasteiger partial charge >= 0.3 is 6.18 Å². The van der Waals surface area contributed by atoms with E-state index in [2.05, 4.69) is 15.3 Å². The van der Waals surface area contributed by atoms with Crippen LogP contribution in [-0.2, 0) is 0 Å². The maximum atomic E-state index is 12.7. The van der Waals surface area contributed by atoms with Crippen LogP contribution in [0.25, 0.3) is 0 Å². The van der Waals surface area contributed by atoms with E-state index in [0.717, 1.165) is 6.33 Å². The van der Waals surface area contributed by atoms with E-state index >= 15 is 0 Å². The molecule has 1 heterocycles. The first-order valence-electron chi connectivity index (χ1n) is 4.68. The van der Waals surface area contributed by atoms with Gasteiger partial charge in [-0.3, -0.25) is 0 Å². The fourth-order valence-electron chi connectivity index (χ4n) is 1.39. The highest BCUT2D eigenvalue weighted by Crippen LogP contribution is 2.51. The van der Waals surface area contributed by atoms with Crippen molar-refractivity contribution in [3.8, 4) is 0 Å². The highest BCUT2D eigenvalue weighted by Gasteiger charge is 2.63. The largest absolute Gasteiger partial charge is 0.411 e. The number of nitrogens with one attached hydrogen (secondary N) is 1. The van der Waals surface area contributed by atoms with Crippen molar-refractivity contribution in [3.63, 3.8) is 0 Å². The lowest BCUT2D eigenvalue weighted by atomic mass is 10.2. The lowest BCUT2D eigenvalue weighted by Crippen LogP contribution is -2.39. The average Bonchev–Trinajstić information content (AvgIpc) is 2.93. The van der Waals surface area contributed by atoms with Gasteiger partial charge in [0.05, 0.1) is 0 Å². The molecule has 1 N–H and O–H groups in total. The maximum absolute atomic E-state index is 12.7. The van der Waals surface area contributed by atoms with Gasteiger partial charge in [0.1, 0.15) is 22.8 Å². The molecule has 1 saturated carbocycles. The fraction of sp³-hybridized carbons (Fsp3) is 0.556. The number of hydrogen-bond donors (Lipinski definition) is 1. The molecule has 0 amide bonds. The van der Waals surface area contributed by atoms with E-state index in [-0.39, 0.29) is 23.8 Å². The Morgan fingerprint density at radius 3 is 2.50 bits per heavy atom. The molecule has 1 aliphatic carbocycles. The minimum atomic E-state index is -4.27. The van der Waals surface area contributed by atoms with Crippen LogP contribution in [0.15, 0.2) is 6.33 Å². The minimum absolute atomic E-state index is 0.0670. The summed E-state index contributed by atoms with van der Waals surface area (Å²) in [5, 5.41) is 2.58. The van der Waals surface area contributed by atoms with Crippen LogP contribution in [0.4, 0.5) is 19.0 Å². The lowest BCUT2D eigenvalue weighted by Gasteiger charge is -2.22. The molecule has 0 aromatic carbocycles. The molecule has 0 aliphatic heterocycles. The Hall–Kier alpha value is -1.04. The normalized spacial score (nSPS) is 18.3. The molecule has 16 heavy (non-hydrogen) atoms. The van der Waals surface area contributed by atoms with Crippen LogP contribution < -0.4 is 5.32 Å². The summed E-state index contributed by atoms with van der Waals surface area (Å²) in [4.78, 5) is 7.46. The second-order valence-electron chi connectivity index (χ2n) is 3.84. The van der Waals surface area contributed by atoms with Crippen molar-refractivity contribution in [1.29, 1.82) is 0 Å². The molecule has 3 nitrogen and oxygen atoms in total. The van der Waals surface area contributed by atoms with Crippen molar-refractivity contribution in [3.05, 3.63) is 17.0 Å². The minimum Gasteiger partial charge on any atom is -0.356 e. The monoisotopic (exact) mass is 251 g/mol. The lowest BCUT2D eigenvalue weighted by molar-refractivity contribution is -0.151. The van der Waals surface area contributed by atoms with Gasteiger partial charge in [0.15, 0.2) is 0 Å². The smallest absolute Gasteiger partial charge is 0.356 e. The predicted octanol–water partition coefficient (Wildman–Crippen LogP) is 2.95. The Kier molecular flexibility index (Phi) is 2.49. The maximum Gasteiger partial charge on any atom is 0.411 e. The van der Waals surface area contributed by atoms with Crippen molar-refractivity contribution in [2.24, 2.45) is 0 Å². The van der Waals surface area contributed by atoms with E-state index in [1.54, 1.807) is 6.92 Å². The molecule has 7 heteroatoms. The first kappa shape index (κ1) is 11.4. The van der Waals surface area contributed by atoms with E-state index in [9.17, 15) is 13.2 Å². The van der Waals surface area contributed by atoms with Crippen molar-refractivity contribution in [1.82, 2.24) is 9.97 Å². The van der Waals surface area contributed by atoms with Gasteiger partial charge in [0, 0.05) is 5.56 Å². The van der Waals surface area contributed by atoms with Crippen LogP contribution in [0.2, 0.25) is 5.15 Å². The third-order valence-electron chi connectivity index (χ3n) is 2.67. The molecular weight excluding hydrogens is 243 g/mol. The number of nitrogens with zero attached hydrogens (tertiary/aromatic N) is 2. The zero-order chi connectivity index (χ0) is 12.0. The van der Waals surface area contributed by atoms with Gasteiger partial charge in [-0.05, 0) is 19.8 Å². The highest BCUT2D eigenvalue weighted by molar-refractivity contribution is 6.30. The molecule has 0 spiro atoms. The topological polar surface area (TPSA) is 37.8 Å². The summed E-state index contributed by atoms with van der Waals surface area (Å²) in [6, 6.07) is 0. The molecule has 0 saturated heterocycles.